The van der Waals surface area contributed by atoms with E-state index in [2.05, 4.69) is 10.6 Å². The van der Waals surface area contributed by atoms with E-state index in [1.165, 1.54) is 17.8 Å². The minimum atomic E-state index is -0.283. The summed E-state index contributed by atoms with van der Waals surface area (Å²) < 4.78 is 0. The number of carbonyl (C=O) groups excluding carboxylic acids is 2. The molecule has 0 bridgehead atoms. The van der Waals surface area contributed by atoms with E-state index in [-0.39, 0.29) is 17.9 Å². The molecule has 4 nitrogen and oxygen atoms in total. The minimum Gasteiger partial charge on any atom is -0.350 e. The SMILES string of the molecule is CCC(CC)NC(=O)C=C1Sc2ccc(Cl)cc2NC1=O. The van der Waals surface area contributed by atoms with Gasteiger partial charge in [0.2, 0.25) is 5.91 Å². The number of halogens is 1. The number of amides is 2. The third kappa shape index (κ3) is 4.02. The highest BCUT2D eigenvalue weighted by Crippen LogP contribution is 2.39. The summed E-state index contributed by atoms with van der Waals surface area (Å²) in [6.45, 7) is 4.04. The number of rotatable bonds is 4. The summed E-state index contributed by atoms with van der Waals surface area (Å²) in [6, 6.07) is 5.42. The lowest BCUT2D eigenvalue weighted by Crippen LogP contribution is -2.33. The number of thioether (sulfide) groups is 1. The van der Waals surface area contributed by atoms with Gasteiger partial charge in [0.05, 0.1) is 10.6 Å². The van der Waals surface area contributed by atoms with Crippen LogP contribution in [0.3, 0.4) is 0 Å². The van der Waals surface area contributed by atoms with Crippen molar-refractivity contribution in [2.45, 2.75) is 37.6 Å². The summed E-state index contributed by atoms with van der Waals surface area (Å²) in [5.41, 5.74) is 0.676. The zero-order valence-corrected chi connectivity index (χ0v) is 13.5. The number of benzene rings is 1. The van der Waals surface area contributed by atoms with Crippen LogP contribution in [-0.2, 0) is 9.59 Å². The van der Waals surface area contributed by atoms with Crippen LogP contribution in [-0.4, -0.2) is 17.9 Å². The van der Waals surface area contributed by atoms with Gasteiger partial charge in [0, 0.05) is 22.0 Å². The third-order valence-corrected chi connectivity index (χ3v) is 4.56. The molecule has 0 atom stereocenters. The van der Waals surface area contributed by atoms with E-state index in [1.807, 2.05) is 19.9 Å². The van der Waals surface area contributed by atoms with Crippen LogP contribution in [0.25, 0.3) is 0 Å². The van der Waals surface area contributed by atoms with Gasteiger partial charge >= 0.3 is 0 Å². The lowest BCUT2D eigenvalue weighted by atomic mass is 10.2. The zero-order valence-electron chi connectivity index (χ0n) is 11.9. The van der Waals surface area contributed by atoms with Crippen molar-refractivity contribution in [3.05, 3.63) is 34.2 Å². The first-order chi connectivity index (χ1) is 10.0. The number of anilines is 1. The molecule has 1 heterocycles. The summed E-state index contributed by atoms with van der Waals surface area (Å²) in [6.07, 6.45) is 3.09. The average molecular weight is 325 g/mol. The third-order valence-electron chi connectivity index (χ3n) is 3.23. The van der Waals surface area contributed by atoms with Crippen molar-refractivity contribution < 1.29 is 9.59 Å². The van der Waals surface area contributed by atoms with Crippen LogP contribution in [0.4, 0.5) is 5.69 Å². The van der Waals surface area contributed by atoms with Crippen molar-refractivity contribution in [1.82, 2.24) is 5.32 Å². The van der Waals surface area contributed by atoms with Crippen molar-refractivity contribution in [1.29, 1.82) is 0 Å². The Bertz CT molecular complexity index is 597. The molecule has 0 saturated heterocycles. The van der Waals surface area contributed by atoms with Gasteiger partial charge in [-0.1, -0.05) is 37.2 Å². The molecule has 0 aliphatic carbocycles. The summed E-state index contributed by atoms with van der Waals surface area (Å²) in [4.78, 5) is 25.2. The Morgan fingerprint density at radius 3 is 2.81 bits per heavy atom. The van der Waals surface area contributed by atoms with E-state index < -0.39 is 0 Å². The van der Waals surface area contributed by atoms with Gasteiger partial charge in [0.1, 0.15) is 0 Å². The van der Waals surface area contributed by atoms with Gasteiger partial charge in [-0.15, -0.1) is 0 Å². The Labute approximate surface area is 133 Å². The number of carbonyl (C=O) groups is 2. The van der Waals surface area contributed by atoms with Gasteiger partial charge in [-0.05, 0) is 31.0 Å². The normalized spacial score (nSPS) is 15.8. The predicted molar refractivity (Wildman–Crippen MR) is 86.5 cm³/mol. The van der Waals surface area contributed by atoms with Crippen molar-refractivity contribution in [3.63, 3.8) is 0 Å². The molecule has 2 rings (SSSR count). The van der Waals surface area contributed by atoms with E-state index in [0.29, 0.717) is 15.6 Å². The van der Waals surface area contributed by atoms with Gasteiger partial charge in [-0.25, -0.2) is 0 Å². The molecule has 0 saturated carbocycles. The highest BCUT2D eigenvalue weighted by atomic mass is 35.5. The Kier molecular flexibility index (Phi) is 5.31. The molecule has 1 aliphatic heterocycles. The highest BCUT2D eigenvalue weighted by molar-refractivity contribution is 8.04. The maximum absolute atomic E-state index is 12.0. The topological polar surface area (TPSA) is 58.2 Å². The van der Waals surface area contributed by atoms with Gasteiger partial charge in [-0.2, -0.15) is 0 Å². The molecule has 2 N–H and O–H groups in total. The summed E-state index contributed by atoms with van der Waals surface area (Å²) in [5.74, 6) is -0.520. The monoisotopic (exact) mass is 324 g/mol. The molecule has 0 spiro atoms. The average Bonchev–Trinajstić information content (AvgIpc) is 2.45. The maximum atomic E-state index is 12.0. The van der Waals surface area contributed by atoms with E-state index in [4.69, 9.17) is 11.6 Å². The first-order valence-corrected chi connectivity index (χ1v) is 8.03. The summed E-state index contributed by atoms with van der Waals surface area (Å²) in [7, 11) is 0. The van der Waals surface area contributed by atoms with Gasteiger partial charge in [0.25, 0.3) is 5.91 Å². The van der Waals surface area contributed by atoms with Crippen molar-refractivity contribution in [2.24, 2.45) is 0 Å². The van der Waals surface area contributed by atoms with Crippen LogP contribution in [0.5, 0.6) is 0 Å². The van der Waals surface area contributed by atoms with Crippen LogP contribution in [0.2, 0.25) is 5.02 Å². The van der Waals surface area contributed by atoms with Crippen molar-refractivity contribution in [2.75, 3.05) is 5.32 Å². The molecule has 2 amide bonds. The quantitative estimate of drug-likeness (QED) is 0.832. The second-order valence-corrected chi connectivity index (χ2v) is 6.25. The van der Waals surface area contributed by atoms with Crippen molar-refractivity contribution >= 4 is 40.9 Å². The molecule has 0 radical (unpaired) electrons. The predicted octanol–water partition coefficient (Wildman–Crippen LogP) is 3.57. The minimum absolute atomic E-state index is 0.136. The summed E-state index contributed by atoms with van der Waals surface area (Å²) >= 11 is 7.17. The highest BCUT2D eigenvalue weighted by Gasteiger charge is 2.22. The molecule has 1 aromatic carbocycles. The molecule has 0 unspecified atom stereocenters. The van der Waals surface area contributed by atoms with Gasteiger partial charge < -0.3 is 10.6 Å². The Morgan fingerprint density at radius 1 is 1.43 bits per heavy atom. The van der Waals surface area contributed by atoms with Crippen LogP contribution in [0.1, 0.15) is 26.7 Å². The van der Waals surface area contributed by atoms with Crippen molar-refractivity contribution in [3.8, 4) is 0 Å². The van der Waals surface area contributed by atoms with Crippen LogP contribution < -0.4 is 10.6 Å². The fourth-order valence-electron chi connectivity index (χ4n) is 1.99. The molecule has 1 aliphatic rings. The second kappa shape index (κ2) is 7.00. The smallest absolute Gasteiger partial charge is 0.262 e. The Morgan fingerprint density at radius 2 is 2.14 bits per heavy atom. The fourth-order valence-corrected chi connectivity index (χ4v) is 3.06. The van der Waals surface area contributed by atoms with Gasteiger partial charge in [-0.3, -0.25) is 9.59 Å². The number of nitrogens with one attached hydrogen (secondary N) is 2. The molecule has 1 aromatic rings. The molecule has 112 valence electrons. The zero-order chi connectivity index (χ0) is 15.4. The largest absolute Gasteiger partial charge is 0.350 e. The molecule has 0 fully saturated rings. The molecular weight excluding hydrogens is 308 g/mol. The maximum Gasteiger partial charge on any atom is 0.262 e. The van der Waals surface area contributed by atoms with E-state index >= 15 is 0 Å². The lowest BCUT2D eigenvalue weighted by molar-refractivity contribution is -0.118. The van der Waals surface area contributed by atoms with E-state index in [0.717, 1.165) is 17.7 Å². The molecule has 0 aromatic heterocycles. The standard InChI is InChI=1S/C15H17ClN2O2S/c1-3-10(4-2)17-14(19)8-13-15(20)18-11-7-9(16)5-6-12(11)21-13/h5-8,10H,3-4H2,1-2H3,(H,17,19)(H,18,20). The molecular formula is C15H17ClN2O2S. The lowest BCUT2D eigenvalue weighted by Gasteiger charge is -2.19. The Balaban J connectivity index is 2.14. The summed E-state index contributed by atoms with van der Waals surface area (Å²) in [5, 5.41) is 6.20. The van der Waals surface area contributed by atoms with Crippen LogP contribution in [0.15, 0.2) is 34.1 Å². The first-order valence-electron chi connectivity index (χ1n) is 6.84. The van der Waals surface area contributed by atoms with Gasteiger partial charge in [0.15, 0.2) is 0 Å². The Hall–Kier alpha value is -1.46. The number of hydrogen-bond acceptors (Lipinski definition) is 3. The molecule has 21 heavy (non-hydrogen) atoms. The first kappa shape index (κ1) is 15.9. The fraction of sp³-hybridized carbons (Fsp3) is 0.333. The second-order valence-electron chi connectivity index (χ2n) is 4.73. The van der Waals surface area contributed by atoms with Crippen LogP contribution >= 0.6 is 23.4 Å². The number of fused-ring (bicyclic) bond motifs is 1. The van der Waals surface area contributed by atoms with Crippen LogP contribution in [0, 0.1) is 0 Å². The molecule has 6 heteroatoms. The van der Waals surface area contributed by atoms with E-state index in [9.17, 15) is 9.59 Å². The number of hydrogen-bond donors (Lipinski definition) is 2. The van der Waals surface area contributed by atoms with E-state index in [1.54, 1.807) is 12.1 Å².